The highest BCUT2D eigenvalue weighted by molar-refractivity contribution is 7.12. The molecule has 0 bridgehead atoms. The molecular formula is C9H12N4S. The lowest BCUT2D eigenvalue weighted by Gasteiger charge is -2.11. The molecule has 0 radical (unpaired) electrons. The number of nitrogens with one attached hydrogen (secondary N) is 1. The molecule has 4 nitrogen and oxygen atoms in total. The summed E-state index contributed by atoms with van der Waals surface area (Å²) >= 11 is 1.40. The number of nitrogens with two attached hydrogens (primary N) is 1. The molecule has 0 aliphatic rings. The van der Waals surface area contributed by atoms with Crippen molar-refractivity contribution in [2.24, 2.45) is 5.73 Å². The molecule has 74 valence electrons. The maximum atomic E-state index is 5.51. The molecule has 2 rings (SSSR count). The summed E-state index contributed by atoms with van der Waals surface area (Å²) in [7, 11) is 0. The van der Waals surface area contributed by atoms with Crippen molar-refractivity contribution < 1.29 is 0 Å². The van der Waals surface area contributed by atoms with Gasteiger partial charge in [-0.1, -0.05) is 0 Å². The quantitative estimate of drug-likeness (QED) is 0.801. The summed E-state index contributed by atoms with van der Waals surface area (Å²) in [6, 6.07) is 4.20. The van der Waals surface area contributed by atoms with E-state index in [2.05, 4.69) is 14.7 Å². The Bertz CT molecular complexity index is 425. The predicted molar refractivity (Wildman–Crippen MR) is 59.6 cm³/mol. The third-order valence-electron chi connectivity index (χ3n) is 1.97. The first-order valence-corrected chi connectivity index (χ1v) is 5.25. The van der Waals surface area contributed by atoms with E-state index in [1.807, 2.05) is 25.3 Å². The van der Waals surface area contributed by atoms with Crippen molar-refractivity contribution in [1.29, 1.82) is 0 Å². The number of hydrogen-bond donors (Lipinski definition) is 2. The van der Waals surface area contributed by atoms with Crippen LogP contribution in [0.5, 0.6) is 0 Å². The fraction of sp³-hybridized carbons (Fsp3) is 0.333. The third-order valence-corrected chi connectivity index (χ3v) is 2.68. The van der Waals surface area contributed by atoms with Crippen LogP contribution in [-0.4, -0.2) is 21.9 Å². The van der Waals surface area contributed by atoms with Crippen molar-refractivity contribution >= 4 is 27.6 Å². The molecule has 0 fully saturated rings. The fourth-order valence-electron chi connectivity index (χ4n) is 1.15. The van der Waals surface area contributed by atoms with Crippen LogP contribution in [0.3, 0.4) is 0 Å². The molecule has 2 aromatic rings. The molecule has 3 N–H and O–H groups in total. The topological polar surface area (TPSA) is 63.8 Å². The van der Waals surface area contributed by atoms with Gasteiger partial charge in [0.2, 0.25) is 0 Å². The van der Waals surface area contributed by atoms with Gasteiger partial charge in [0.15, 0.2) is 0 Å². The second-order valence-corrected chi connectivity index (χ2v) is 3.98. The Kier molecular flexibility index (Phi) is 2.60. The van der Waals surface area contributed by atoms with Gasteiger partial charge in [-0.2, -0.15) is 4.37 Å². The highest BCUT2D eigenvalue weighted by Gasteiger charge is 2.02. The summed E-state index contributed by atoms with van der Waals surface area (Å²) in [5.74, 6) is 0.861. The minimum atomic E-state index is 0.243. The van der Waals surface area contributed by atoms with Gasteiger partial charge in [-0.25, -0.2) is 4.98 Å². The van der Waals surface area contributed by atoms with Gasteiger partial charge in [0.05, 0.1) is 6.20 Å². The van der Waals surface area contributed by atoms with E-state index in [0.29, 0.717) is 6.54 Å². The summed E-state index contributed by atoms with van der Waals surface area (Å²) in [6.07, 6.45) is 1.82. The Balaban J connectivity index is 2.25. The van der Waals surface area contributed by atoms with Gasteiger partial charge >= 0.3 is 0 Å². The highest BCUT2D eigenvalue weighted by atomic mass is 32.1. The van der Waals surface area contributed by atoms with Crippen LogP contribution in [0.25, 0.3) is 10.2 Å². The first kappa shape index (κ1) is 9.36. The van der Waals surface area contributed by atoms with Crippen molar-refractivity contribution in [3.8, 4) is 0 Å². The number of pyridine rings is 1. The van der Waals surface area contributed by atoms with E-state index in [4.69, 9.17) is 5.73 Å². The number of nitrogens with zero attached hydrogens (tertiary/aromatic N) is 2. The smallest absolute Gasteiger partial charge is 0.145 e. The first-order valence-electron chi connectivity index (χ1n) is 4.47. The van der Waals surface area contributed by atoms with Crippen molar-refractivity contribution in [1.82, 2.24) is 9.36 Å². The molecule has 2 aromatic heterocycles. The Morgan fingerprint density at radius 3 is 3.21 bits per heavy atom. The Morgan fingerprint density at radius 1 is 1.57 bits per heavy atom. The number of fused-ring (bicyclic) bond motifs is 1. The van der Waals surface area contributed by atoms with Gasteiger partial charge < -0.3 is 11.1 Å². The largest absolute Gasteiger partial charge is 0.366 e. The molecule has 0 aliphatic heterocycles. The van der Waals surface area contributed by atoms with E-state index in [1.54, 1.807) is 0 Å². The third kappa shape index (κ3) is 1.83. The van der Waals surface area contributed by atoms with Crippen LogP contribution in [0.15, 0.2) is 18.3 Å². The Hall–Kier alpha value is -1.20. The van der Waals surface area contributed by atoms with Gasteiger partial charge in [0, 0.05) is 18.0 Å². The fourth-order valence-corrected chi connectivity index (χ4v) is 1.78. The lowest BCUT2D eigenvalue weighted by Crippen LogP contribution is -2.25. The zero-order valence-corrected chi connectivity index (χ0v) is 8.71. The molecule has 0 aromatic carbocycles. The summed E-state index contributed by atoms with van der Waals surface area (Å²) in [5, 5.41) is 4.30. The highest BCUT2D eigenvalue weighted by Crippen LogP contribution is 2.18. The zero-order chi connectivity index (χ0) is 9.97. The SMILES string of the molecule is CC(CN)Nc1ccc2cnsc2n1. The van der Waals surface area contributed by atoms with E-state index < -0.39 is 0 Å². The molecule has 5 heteroatoms. The van der Waals surface area contributed by atoms with Crippen LogP contribution in [0, 0.1) is 0 Å². The second-order valence-electron chi connectivity index (χ2n) is 3.20. The molecule has 14 heavy (non-hydrogen) atoms. The lowest BCUT2D eigenvalue weighted by molar-refractivity contribution is 0.799. The summed E-state index contributed by atoms with van der Waals surface area (Å²) in [4.78, 5) is 5.37. The maximum Gasteiger partial charge on any atom is 0.145 e. The monoisotopic (exact) mass is 208 g/mol. The van der Waals surface area contributed by atoms with Crippen LogP contribution < -0.4 is 11.1 Å². The number of hydrogen-bond acceptors (Lipinski definition) is 5. The van der Waals surface area contributed by atoms with Crippen LogP contribution in [0.1, 0.15) is 6.92 Å². The molecular weight excluding hydrogens is 196 g/mol. The molecule has 0 aliphatic carbocycles. The number of anilines is 1. The average molecular weight is 208 g/mol. The van der Waals surface area contributed by atoms with E-state index in [9.17, 15) is 0 Å². The van der Waals surface area contributed by atoms with Gasteiger partial charge in [-0.3, -0.25) is 0 Å². The number of rotatable bonds is 3. The Labute approximate surface area is 86.3 Å². The molecule has 0 amide bonds. The zero-order valence-electron chi connectivity index (χ0n) is 7.90. The van der Waals surface area contributed by atoms with Gasteiger partial charge in [-0.15, -0.1) is 0 Å². The van der Waals surface area contributed by atoms with Crippen LogP contribution in [0.2, 0.25) is 0 Å². The van der Waals surface area contributed by atoms with Gasteiger partial charge in [0.1, 0.15) is 10.6 Å². The summed E-state index contributed by atoms with van der Waals surface area (Å²) in [6.45, 7) is 2.63. The summed E-state index contributed by atoms with van der Waals surface area (Å²) < 4.78 is 4.07. The van der Waals surface area contributed by atoms with Crippen molar-refractivity contribution in [3.63, 3.8) is 0 Å². The molecule has 0 saturated heterocycles. The lowest BCUT2D eigenvalue weighted by atomic mass is 10.3. The molecule has 1 atom stereocenters. The van der Waals surface area contributed by atoms with E-state index in [1.165, 1.54) is 11.5 Å². The van der Waals surface area contributed by atoms with E-state index in [0.717, 1.165) is 16.0 Å². The molecule has 0 saturated carbocycles. The Morgan fingerprint density at radius 2 is 2.43 bits per heavy atom. The summed E-state index contributed by atoms with van der Waals surface area (Å²) in [5.41, 5.74) is 5.51. The van der Waals surface area contributed by atoms with Crippen LogP contribution in [-0.2, 0) is 0 Å². The van der Waals surface area contributed by atoms with Crippen molar-refractivity contribution in [2.75, 3.05) is 11.9 Å². The van der Waals surface area contributed by atoms with Crippen molar-refractivity contribution in [3.05, 3.63) is 18.3 Å². The van der Waals surface area contributed by atoms with E-state index in [-0.39, 0.29) is 6.04 Å². The van der Waals surface area contributed by atoms with Crippen LogP contribution in [0.4, 0.5) is 5.82 Å². The molecule has 1 unspecified atom stereocenters. The molecule has 0 spiro atoms. The maximum absolute atomic E-state index is 5.51. The predicted octanol–water partition coefficient (Wildman–Crippen LogP) is 1.45. The minimum Gasteiger partial charge on any atom is -0.366 e. The normalized spacial score (nSPS) is 13.0. The number of aromatic nitrogens is 2. The second kappa shape index (κ2) is 3.89. The van der Waals surface area contributed by atoms with Crippen LogP contribution >= 0.6 is 11.5 Å². The minimum absolute atomic E-state index is 0.243. The average Bonchev–Trinajstić information content (AvgIpc) is 2.64. The van der Waals surface area contributed by atoms with Gasteiger partial charge in [0.25, 0.3) is 0 Å². The van der Waals surface area contributed by atoms with E-state index >= 15 is 0 Å². The standard InChI is InChI=1S/C9H12N4S/c1-6(4-10)12-8-3-2-7-5-11-14-9(7)13-8/h2-3,5-6H,4,10H2,1H3,(H,12,13). The van der Waals surface area contributed by atoms with Gasteiger partial charge in [-0.05, 0) is 30.6 Å². The first-order chi connectivity index (χ1) is 6.79. The van der Waals surface area contributed by atoms with Crippen molar-refractivity contribution in [2.45, 2.75) is 13.0 Å². The molecule has 2 heterocycles.